The number of para-hydroxylation sites is 1. The molecule has 4 rings (SSSR count). The maximum absolute atomic E-state index is 14.4. The van der Waals surface area contributed by atoms with Crippen LogP contribution in [-0.4, -0.2) is 69.0 Å². The zero-order valence-electron chi connectivity index (χ0n) is 29.4. The summed E-state index contributed by atoms with van der Waals surface area (Å²) in [5.74, 6) is -2.80. The van der Waals surface area contributed by atoms with Gasteiger partial charge in [0, 0.05) is 24.2 Å². The predicted molar refractivity (Wildman–Crippen MR) is 197 cm³/mol. The highest BCUT2D eigenvalue weighted by atomic mass is 31.2. The quantitative estimate of drug-likeness (QED) is 0.135. The SMILES string of the molecule is CCCC(NC(=O)[C@@H]1CCCN1C(=O)c1ccccc1)P(=O)(O)CN(C(=O)CCCc1ccccc1)[C@@H](CC(C)C)C(=O)Nc1ccccc1. The molecule has 268 valence electrons. The van der Waals surface area contributed by atoms with Crippen molar-refractivity contribution in [3.63, 3.8) is 0 Å². The minimum Gasteiger partial charge on any atom is -0.342 e. The Kier molecular flexibility index (Phi) is 14.4. The number of benzene rings is 3. The topological polar surface area (TPSA) is 136 Å². The largest absolute Gasteiger partial charge is 0.342 e. The normalized spacial score (nSPS) is 16.7. The molecule has 1 saturated heterocycles. The molecule has 3 aromatic rings. The van der Waals surface area contributed by atoms with Gasteiger partial charge in [0.2, 0.25) is 25.1 Å². The van der Waals surface area contributed by atoms with Crippen molar-refractivity contribution in [2.45, 2.75) is 90.0 Å². The Morgan fingerprint density at radius 3 is 2.18 bits per heavy atom. The molecule has 1 heterocycles. The lowest BCUT2D eigenvalue weighted by Gasteiger charge is -2.36. The molecule has 1 fully saturated rings. The van der Waals surface area contributed by atoms with E-state index in [4.69, 9.17) is 0 Å². The Morgan fingerprint density at radius 1 is 0.940 bits per heavy atom. The third kappa shape index (κ3) is 10.9. The molecule has 2 unspecified atom stereocenters. The molecule has 1 aliphatic heterocycles. The molecule has 0 aliphatic carbocycles. The monoisotopic (exact) mass is 702 g/mol. The van der Waals surface area contributed by atoms with Crippen LogP contribution in [0, 0.1) is 5.92 Å². The third-order valence-corrected chi connectivity index (χ3v) is 11.1. The second-order valence-electron chi connectivity index (χ2n) is 13.4. The standard InChI is InChI=1S/C39H51N4O6P/c1-4-16-35(41-37(45)33-24-15-26-42(33)39(47)31-20-10-6-11-21-31)50(48,49)28-43(36(44)25-14-19-30-17-8-5-9-18-30)34(27-29(2)3)38(46)40-32-22-12-7-13-23-32/h5-13,17-18,20-23,29,33-35H,4,14-16,19,24-28H2,1-3H3,(H,40,46)(H,41,45)(H,48,49)/t33-,34-,35?/m0/s1. The number of amides is 4. The fourth-order valence-corrected chi connectivity index (χ4v) is 8.39. The zero-order valence-corrected chi connectivity index (χ0v) is 30.3. The summed E-state index contributed by atoms with van der Waals surface area (Å²) in [6.45, 7) is 6.12. The Morgan fingerprint density at radius 2 is 1.56 bits per heavy atom. The van der Waals surface area contributed by atoms with Gasteiger partial charge in [-0.25, -0.2) is 0 Å². The van der Waals surface area contributed by atoms with Crippen LogP contribution >= 0.6 is 7.37 Å². The number of nitrogens with one attached hydrogen (secondary N) is 2. The number of anilines is 1. The lowest BCUT2D eigenvalue weighted by atomic mass is 10.0. The van der Waals surface area contributed by atoms with Gasteiger partial charge >= 0.3 is 0 Å². The van der Waals surface area contributed by atoms with Crippen LogP contribution in [0.3, 0.4) is 0 Å². The fraction of sp³-hybridized carbons (Fsp3) is 0.436. The first-order valence-corrected chi connectivity index (χ1v) is 19.6. The van der Waals surface area contributed by atoms with E-state index in [1.54, 1.807) is 48.5 Å². The summed E-state index contributed by atoms with van der Waals surface area (Å²) in [4.78, 5) is 69.5. The Hall–Kier alpha value is -4.27. The molecule has 1 aliphatic rings. The summed E-state index contributed by atoms with van der Waals surface area (Å²) in [7, 11) is -4.34. The molecule has 0 spiro atoms. The third-order valence-electron chi connectivity index (χ3n) is 8.98. The van der Waals surface area contributed by atoms with Crippen molar-refractivity contribution in [1.82, 2.24) is 15.1 Å². The molecule has 0 saturated carbocycles. The number of likely N-dealkylation sites (tertiary alicyclic amines) is 1. The summed E-state index contributed by atoms with van der Waals surface area (Å²) in [6, 6.07) is 25.6. The molecule has 50 heavy (non-hydrogen) atoms. The molecule has 3 aromatic carbocycles. The van der Waals surface area contributed by atoms with Crippen molar-refractivity contribution in [2.75, 3.05) is 18.1 Å². The van der Waals surface area contributed by atoms with Gasteiger partial charge in [-0.2, -0.15) is 0 Å². The van der Waals surface area contributed by atoms with Gasteiger partial charge in [-0.3, -0.25) is 23.7 Å². The molecular weight excluding hydrogens is 651 g/mol. The summed E-state index contributed by atoms with van der Waals surface area (Å²) < 4.78 is 14.4. The minimum absolute atomic E-state index is 0.0131. The summed E-state index contributed by atoms with van der Waals surface area (Å²) >= 11 is 0. The average molecular weight is 703 g/mol. The van der Waals surface area contributed by atoms with Gasteiger partial charge < -0.3 is 25.3 Å². The number of nitrogens with zero attached hydrogens (tertiary/aromatic N) is 2. The number of carbonyl (C=O) groups excluding carboxylic acids is 4. The first-order chi connectivity index (χ1) is 24.0. The number of hydrogen-bond acceptors (Lipinski definition) is 5. The van der Waals surface area contributed by atoms with Gasteiger partial charge in [0.15, 0.2) is 0 Å². The van der Waals surface area contributed by atoms with Crippen molar-refractivity contribution < 1.29 is 28.6 Å². The zero-order chi connectivity index (χ0) is 36.1. The molecule has 11 heteroatoms. The van der Waals surface area contributed by atoms with Crippen LogP contribution in [0.25, 0.3) is 0 Å². The van der Waals surface area contributed by atoms with Gasteiger partial charge in [0.25, 0.3) is 5.91 Å². The van der Waals surface area contributed by atoms with E-state index in [1.165, 1.54) is 9.80 Å². The molecule has 0 aromatic heterocycles. The van der Waals surface area contributed by atoms with Crippen LogP contribution in [0.4, 0.5) is 5.69 Å². The Labute approximate surface area is 296 Å². The van der Waals surface area contributed by atoms with E-state index in [2.05, 4.69) is 10.6 Å². The molecule has 0 bridgehead atoms. The van der Waals surface area contributed by atoms with E-state index >= 15 is 0 Å². The Bertz CT molecular complexity index is 1600. The van der Waals surface area contributed by atoms with E-state index in [9.17, 15) is 28.6 Å². The summed E-state index contributed by atoms with van der Waals surface area (Å²) in [6.07, 6.45) is 2.60. The van der Waals surface area contributed by atoms with Crippen molar-refractivity contribution in [3.8, 4) is 0 Å². The van der Waals surface area contributed by atoms with Gasteiger partial charge in [-0.1, -0.05) is 93.9 Å². The van der Waals surface area contributed by atoms with Crippen LogP contribution in [-0.2, 0) is 25.4 Å². The lowest BCUT2D eigenvalue weighted by molar-refractivity contribution is -0.138. The maximum Gasteiger partial charge on any atom is 0.254 e. The first-order valence-electron chi connectivity index (χ1n) is 17.7. The molecule has 10 nitrogen and oxygen atoms in total. The number of carbonyl (C=O) groups is 4. The van der Waals surface area contributed by atoms with Gasteiger partial charge in [0.05, 0.1) is 6.29 Å². The average Bonchev–Trinajstić information content (AvgIpc) is 3.61. The van der Waals surface area contributed by atoms with E-state index < -0.39 is 49.2 Å². The van der Waals surface area contributed by atoms with E-state index in [1.807, 2.05) is 63.2 Å². The smallest absolute Gasteiger partial charge is 0.254 e. The predicted octanol–water partition coefficient (Wildman–Crippen LogP) is 6.67. The van der Waals surface area contributed by atoms with Crippen LogP contribution < -0.4 is 10.6 Å². The number of hydrogen-bond donors (Lipinski definition) is 3. The molecule has 3 N–H and O–H groups in total. The highest BCUT2D eigenvalue weighted by molar-refractivity contribution is 7.58. The number of rotatable bonds is 17. The second-order valence-corrected chi connectivity index (χ2v) is 15.9. The van der Waals surface area contributed by atoms with Crippen molar-refractivity contribution >= 4 is 36.7 Å². The van der Waals surface area contributed by atoms with Gasteiger partial charge in [0.1, 0.15) is 17.9 Å². The van der Waals surface area contributed by atoms with Gasteiger partial charge in [-0.15, -0.1) is 0 Å². The minimum atomic E-state index is -4.34. The van der Waals surface area contributed by atoms with Crippen molar-refractivity contribution in [1.29, 1.82) is 0 Å². The fourth-order valence-electron chi connectivity index (χ4n) is 6.41. The lowest BCUT2D eigenvalue weighted by Crippen LogP contribution is -2.51. The number of aryl methyl sites for hydroxylation is 1. The molecular formula is C39H51N4O6P. The van der Waals surface area contributed by atoms with Crippen molar-refractivity contribution in [2.24, 2.45) is 5.92 Å². The summed E-state index contributed by atoms with van der Waals surface area (Å²) in [5.41, 5.74) is 2.09. The van der Waals surface area contributed by atoms with E-state index in [-0.39, 0.29) is 31.1 Å². The second kappa shape index (κ2) is 18.6. The highest BCUT2D eigenvalue weighted by Gasteiger charge is 2.42. The van der Waals surface area contributed by atoms with Gasteiger partial charge in [-0.05, 0) is 74.3 Å². The molecule has 0 radical (unpaired) electrons. The Balaban J connectivity index is 1.57. The molecule has 4 amide bonds. The van der Waals surface area contributed by atoms with E-state index in [0.717, 1.165) is 5.56 Å². The van der Waals surface area contributed by atoms with Crippen LogP contribution in [0.15, 0.2) is 91.0 Å². The maximum atomic E-state index is 14.4. The van der Waals surface area contributed by atoms with E-state index in [0.29, 0.717) is 49.9 Å². The van der Waals surface area contributed by atoms with Crippen molar-refractivity contribution in [3.05, 3.63) is 102 Å². The summed E-state index contributed by atoms with van der Waals surface area (Å²) in [5, 5.41) is 5.70. The van der Waals surface area contributed by atoms with Crippen LogP contribution in [0.2, 0.25) is 0 Å². The highest BCUT2D eigenvalue weighted by Crippen LogP contribution is 2.48. The molecule has 4 atom stereocenters. The van der Waals surface area contributed by atoms with Crippen LogP contribution in [0.5, 0.6) is 0 Å². The first kappa shape index (κ1) is 38.5. The van der Waals surface area contributed by atoms with Crippen LogP contribution in [0.1, 0.15) is 81.6 Å².